The first kappa shape index (κ1) is 28.6. The molecular weight excluding hydrogens is 518 g/mol. The lowest BCUT2D eigenvalue weighted by molar-refractivity contribution is -0.139. The summed E-state index contributed by atoms with van der Waals surface area (Å²) in [7, 11) is 0. The smallest absolute Gasteiger partial charge is 0.390 e. The molecule has 1 amide bonds. The van der Waals surface area contributed by atoms with Crippen LogP contribution in [-0.4, -0.2) is 73.4 Å². The zero-order chi connectivity index (χ0) is 27.2. The summed E-state index contributed by atoms with van der Waals surface area (Å²) in [5, 5.41) is 14.8. The Morgan fingerprint density at radius 2 is 1.81 bits per heavy atom. The summed E-state index contributed by atoms with van der Waals surface area (Å²) in [5.74, 6) is -2.61. The van der Waals surface area contributed by atoms with Crippen molar-refractivity contribution in [1.29, 1.82) is 0 Å². The van der Waals surface area contributed by atoms with Crippen LogP contribution in [0.4, 0.5) is 28.9 Å². The van der Waals surface area contributed by atoms with Gasteiger partial charge in [0.2, 0.25) is 0 Å². The molecule has 1 heterocycles. The summed E-state index contributed by atoms with van der Waals surface area (Å²) >= 11 is 6.16. The Balaban J connectivity index is 1.66. The van der Waals surface area contributed by atoms with Crippen LogP contribution in [0.2, 0.25) is 5.02 Å². The average Bonchev–Trinajstić information content (AvgIpc) is 2.84. The topological polar surface area (TPSA) is 111 Å². The van der Waals surface area contributed by atoms with Gasteiger partial charge in [-0.2, -0.15) is 13.2 Å². The Labute approximate surface area is 216 Å². The van der Waals surface area contributed by atoms with Crippen LogP contribution in [0, 0.1) is 5.82 Å². The van der Waals surface area contributed by atoms with Crippen LogP contribution in [0.15, 0.2) is 36.4 Å². The monoisotopic (exact) mass is 545 g/mol. The van der Waals surface area contributed by atoms with Gasteiger partial charge in [-0.25, -0.2) is 4.39 Å². The van der Waals surface area contributed by atoms with Gasteiger partial charge in [0.05, 0.1) is 23.4 Å². The lowest BCUT2D eigenvalue weighted by atomic mass is 10.1. The number of carbonyl (C=O) groups excluding carboxylic acids is 1. The molecule has 0 radical (unpaired) electrons. The van der Waals surface area contributed by atoms with E-state index in [0.717, 1.165) is 6.07 Å². The van der Waals surface area contributed by atoms with Gasteiger partial charge in [0.1, 0.15) is 11.9 Å². The van der Waals surface area contributed by atoms with Gasteiger partial charge >= 0.3 is 12.1 Å². The van der Waals surface area contributed by atoms with Gasteiger partial charge in [-0.1, -0.05) is 17.7 Å². The number of benzene rings is 2. The van der Waals surface area contributed by atoms with Crippen LogP contribution in [0.3, 0.4) is 0 Å². The number of carbonyl (C=O) groups is 2. The molecule has 8 nitrogen and oxygen atoms in total. The molecule has 1 aliphatic heterocycles. The second kappa shape index (κ2) is 12.5. The lowest BCUT2D eigenvalue weighted by Crippen LogP contribution is -2.47. The maximum atomic E-state index is 14.7. The number of anilines is 2. The number of aliphatic carboxylic acids is 1. The zero-order valence-corrected chi connectivity index (χ0v) is 20.6. The van der Waals surface area contributed by atoms with Gasteiger partial charge in [0, 0.05) is 50.8 Å². The number of carboxylic acid groups (broad SMARTS) is 1. The maximum Gasteiger partial charge on any atom is 0.390 e. The molecule has 37 heavy (non-hydrogen) atoms. The van der Waals surface area contributed by atoms with Gasteiger partial charge < -0.3 is 21.1 Å². The molecule has 0 spiro atoms. The molecule has 1 unspecified atom stereocenters. The van der Waals surface area contributed by atoms with Crippen LogP contribution >= 0.6 is 11.6 Å². The highest BCUT2D eigenvalue weighted by atomic mass is 35.5. The van der Waals surface area contributed by atoms with E-state index in [9.17, 15) is 27.2 Å². The number of hydrogen-bond acceptors (Lipinski definition) is 6. The van der Waals surface area contributed by atoms with Crippen LogP contribution in [0.1, 0.15) is 22.3 Å². The molecule has 202 valence electrons. The third-order valence-electron chi connectivity index (χ3n) is 6.00. The number of nitrogens with one attached hydrogen (secondary N) is 2. The first-order valence-corrected chi connectivity index (χ1v) is 11.9. The van der Waals surface area contributed by atoms with E-state index in [0.29, 0.717) is 48.1 Å². The fraction of sp³-hybridized carbons (Fsp3) is 0.417. The highest BCUT2D eigenvalue weighted by Gasteiger charge is 2.29. The summed E-state index contributed by atoms with van der Waals surface area (Å²) in [6.45, 7) is 1.51. The number of hydrogen-bond donors (Lipinski definition) is 4. The number of piperazine rings is 1. The number of carboxylic acids is 1. The van der Waals surface area contributed by atoms with Crippen molar-refractivity contribution in [3.63, 3.8) is 0 Å². The number of nitrogens with two attached hydrogens (primary N) is 1. The lowest BCUT2D eigenvalue weighted by Gasteiger charge is -2.37. The van der Waals surface area contributed by atoms with E-state index in [4.69, 9.17) is 22.4 Å². The molecule has 2 aromatic carbocycles. The molecule has 1 atom stereocenters. The van der Waals surface area contributed by atoms with Crippen molar-refractivity contribution >= 4 is 34.9 Å². The van der Waals surface area contributed by atoms with Gasteiger partial charge in [-0.05, 0) is 35.9 Å². The minimum absolute atomic E-state index is 0.0449. The van der Waals surface area contributed by atoms with Crippen LogP contribution < -0.4 is 21.3 Å². The minimum Gasteiger partial charge on any atom is -0.480 e. The Morgan fingerprint density at radius 3 is 2.41 bits per heavy atom. The molecule has 0 aliphatic carbocycles. The van der Waals surface area contributed by atoms with Crippen molar-refractivity contribution in [1.82, 2.24) is 10.2 Å². The molecular formula is C24H28ClF4N5O3. The first-order valence-electron chi connectivity index (χ1n) is 11.6. The largest absolute Gasteiger partial charge is 0.480 e. The predicted octanol–water partition coefficient (Wildman–Crippen LogP) is 3.31. The summed E-state index contributed by atoms with van der Waals surface area (Å²) in [4.78, 5) is 27.6. The average molecular weight is 546 g/mol. The summed E-state index contributed by atoms with van der Waals surface area (Å²) in [6.07, 6.45) is -5.09. The van der Waals surface area contributed by atoms with Crippen molar-refractivity contribution in [2.24, 2.45) is 5.73 Å². The molecule has 1 saturated heterocycles. The zero-order valence-electron chi connectivity index (χ0n) is 19.8. The van der Waals surface area contributed by atoms with Gasteiger partial charge in [-0.15, -0.1) is 0 Å². The minimum atomic E-state index is -4.21. The van der Waals surface area contributed by atoms with E-state index in [-0.39, 0.29) is 25.2 Å². The van der Waals surface area contributed by atoms with E-state index < -0.39 is 36.3 Å². The maximum absolute atomic E-state index is 14.7. The van der Waals surface area contributed by atoms with E-state index in [1.165, 1.54) is 12.1 Å². The second-order valence-corrected chi connectivity index (χ2v) is 9.07. The number of alkyl halides is 3. The van der Waals surface area contributed by atoms with Gasteiger partial charge in [-0.3, -0.25) is 19.8 Å². The van der Waals surface area contributed by atoms with Crippen molar-refractivity contribution in [2.75, 3.05) is 49.5 Å². The Kier molecular flexibility index (Phi) is 9.71. The van der Waals surface area contributed by atoms with Crippen LogP contribution in [-0.2, 0) is 11.3 Å². The molecule has 13 heteroatoms. The summed E-state index contributed by atoms with van der Waals surface area (Å²) in [6, 6.07) is 7.76. The Bertz CT molecular complexity index is 1110. The normalized spacial score (nSPS) is 15.5. The fourth-order valence-corrected chi connectivity index (χ4v) is 4.09. The van der Waals surface area contributed by atoms with Gasteiger partial charge in [0.15, 0.2) is 0 Å². The summed E-state index contributed by atoms with van der Waals surface area (Å²) in [5.41, 5.74) is 6.58. The van der Waals surface area contributed by atoms with Crippen LogP contribution in [0.5, 0.6) is 0 Å². The quantitative estimate of drug-likeness (QED) is 0.339. The third kappa shape index (κ3) is 8.29. The second-order valence-electron chi connectivity index (χ2n) is 8.63. The molecule has 2 aromatic rings. The Hall–Kier alpha value is -2.93. The molecule has 0 saturated carbocycles. The third-order valence-corrected chi connectivity index (χ3v) is 6.23. The first-order chi connectivity index (χ1) is 17.5. The number of amides is 1. The van der Waals surface area contributed by atoms with Crippen molar-refractivity contribution in [3.05, 3.63) is 58.4 Å². The number of rotatable bonds is 10. The van der Waals surface area contributed by atoms with E-state index >= 15 is 0 Å². The highest BCUT2D eigenvalue weighted by molar-refractivity contribution is 6.31. The van der Waals surface area contributed by atoms with Crippen molar-refractivity contribution < 1.29 is 32.3 Å². The molecule has 1 fully saturated rings. The standard InChI is InChI=1S/C24H28ClF4N5O3/c25-16-2-4-19(21(12-16)34-9-7-33(8-10-34)6-5-24(27,28)29)32-22(35)17-3-1-15(11-18(17)26)14-31-20(13-30)23(36)37/h1-4,11-12,20,31H,5-10,13-14,30H2,(H,32,35)(H,36,37). The number of nitrogens with zero attached hydrogens (tertiary/aromatic N) is 2. The van der Waals surface area contributed by atoms with Gasteiger partial charge in [0.25, 0.3) is 5.91 Å². The van der Waals surface area contributed by atoms with Crippen molar-refractivity contribution in [2.45, 2.75) is 25.2 Å². The Morgan fingerprint density at radius 1 is 1.11 bits per heavy atom. The number of halogens is 5. The SMILES string of the molecule is NCC(NCc1ccc(C(=O)Nc2ccc(Cl)cc2N2CCN(CCC(F)(F)F)CC2)c(F)c1)C(=O)O. The predicted molar refractivity (Wildman–Crippen MR) is 132 cm³/mol. The fourth-order valence-electron chi connectivity index (χ4n) is 3.92. The summed E-state index contributed by atoms with van der Waals surface area (Å²) < 4.78 is 52.3. The molecule has 0 aromatic heterocycles. The highest BCUT2D eigenvalue weighted by Crippen LogP contribution is 2.31. The van der Waals surface area contributed by atoms with E-state index in [1.54, 1.807) is 23.1 Å². The van der Waals surface area contributed by atoms with E-state index in [2.05, 4.69) is 10.6 Å². The molecule has 5 N–H and O–H groups in total. The molecule has 0 bridgehead atoms. The van der Waals surface area contributed by atoms with E-state index in [1.807, 2.05) is 4.90 Å². The molecule has 3 rings (SSSR count). The molecule has 1 aliphatic rings. The van der Waals surface area contributed by atoms with Crippen LogP contribution in [0.25, 0.3) is 0 Å². The van der Waals surface area contributed by atoms with Crippen molar-refractivity contribution in [3.8, 4) is 0 Å².